The van der Waals surface area contributed by atoms with Crippen LogP contribution in [0.1, 0.15) is 40.5 Å². The van der Waals surface area contributed by atoms with Gasteiger partial charge in [0.2, 0.25) is 11.8 Å². The zero-order valence-electron chi connectivity index (χ0n) is 11.5. The van der Waals surface area contributed by atoms with Crippen molar-refractivity contribution in [3.05, 3.63) is 0 Å². The summed E-state index contributed by atoms with van der Waals surface area (Å²) < 4.78 is 0. The Morgan fingerprint density at radius 1 is 1.44 bits per heavy atom. The van der Waals surface area contributed by atoms with Gasteiger partial charge in [0, 0.05) is 19.4 Å². The Balaban J connectivity index is 3.00. The number of Topliss-reactive ketones (excluding diaryl/α,β-unsaturated/α-hetero) is 1. The van der Waals surface area contributed by atoms with Crippen LogP contribution < -0.4 is 5.73 Å². The summed E-state index contributed by atoms with van der Waals surface area (Å²) in [6.07, 6.45) is 0.453. The van der Waals surface area contributed by atoms with Gasteiger partial charge >= 0.3 is 0 Å². The number of carbonyl (C=O) groups excluding carboxylic acids is 3. The van der Waals surface area contributed by atoms with E-state index in [0.717, 1.165) is 4.90 Å². The number of hydrogen-bond donors (Lipinski definition) is 1. The highest BCUT2D eigenvalue weighted by atomic mass is 16.2. The molecule has 5 heteroatoms. The third kappa shape index (κ3) is 2.61. The van der Waals surface area contributed by atoms with Crippen molar-refractivity contribution in [3.63, 3.8) is 0 Å². The molecule has 18 heavy (non-hydrogen) atoms. The first-order valence-corrected chi connectivity index (χ1v) is 6.32. The van der Waals surface area contributed by atoms with Crippen molar-refractivity contribution in [1.82, 2.24) is 4.90 Å². The maximum absolute atomic E-state index is 12.3. The van der Waals surface area contributed by atoms with Gasteiger partial charge in [-0.2, -0.15) is 0 Å². The number of likely N-dealkylation sites (tertiary alicyclic amines) is 1. The molecule has 2 atom stereocenters. The molecule has 5 nitrogen and oxygen atoms in total. The van der Waals surface area contributed by atoms with Crippen molar-refractivity contribution >= 4 is 17.6 Å². The van der Waals surface area contributed by atoms with Gasteiger partial charge in [-0.15, -0.1) is 0 Å². The maximum atomic E-state index is 12.3. The molecule has 0 bridgehead atoms. The molecule has 0 aliphatic carbocycles. The molecule has 0 radical (unpaired) electrons. The van der Waals surface area contributed by atoms with Gasteiger partial charge in [-0.3, -0.25) is 19.3 Å². The normalized spacial score (nSPS) is 22.5. The smallest absolute Gasteiger partial charge is 0.234 e. The first-order chi connectivity index (χ1) is 8.23. The van der Waals surface area contributed by atoms with Crippen molar-refractivity contribution in [2.45, 2.75) is 46.6 Å². The van der Waals surface area contributed by atoms with E-state index in [1.54, 1.807) is 6.92 Å². The number of nitrogens with two attached hydrogens (primary N) is 1. The van der Waals surface area contributed by atoms with Gasteiger partial charge in [0.25, 0.3) is 0 Å². The van der Waals surface area contributed by atoms with Crippen LogP contribution in [0.15, 0.2) is 0 Å². The minimum atomic E-state index is -0.789. The van der Waals surface area contributed by atoms with Gasteiger partial charge in [0.15, 0.2) is 5.78 Å². The zero-order valence-corrected chi connectivity index (χ0v) is 11.5. The highest BCUT2D eigenvalue weighted by molar-refractivity contribution is 6.07. The summed E-state index contributed by atoms with van der Waals surface area (Å²) in [4.78, 5) is 37.1. The molecule has 1 heterocycles. The summed E-state index contributed by atoms with van der Waals surface area (Å²) in [6.45, 7) is 7.47. The number of carbonyl (C=O) groups is 3. The lowest BCUT2D eigenvalue weighted by molar-refractivity contribution is -0.147. The maximum Gasteiger partial charge on any atom is 0.234 e. The molecular weight excluding hydrogens is 232 g/mol. The van der Waals surface area contributed by atoms with Crippen molar-refractivity contribution in [1.29, 1.82) is 0 Å². The second-order valence-electron chi connectivity index (χ2n) is 5.80. The van der Waals surface area contributed by atoms with Crippen LogP contribution in [0.2, 0.25) is 0 Å². The molecule has 1 aliphatic rings. The Bertz CT molecular complexity index is 371. The van der Waals surface area contributed by atoms with E-state index in [1.165, 1.54) is 0 Å². The van der Waals surface area contributed by atoms with Gasteiger partial charge in [-0.1, -0.05) is 27.7 Å². The van der Waals surface area contributed by atoms with Crippen LogP contribution in [0.3, 0.4) is 0 Å². The molecule has 0 aromatic heterocycles. The summed E-state index contributed by atoms with van der Waals surface area (Å²) in [6, 6.07) is -0.789. The van der Waals surface area contributed by atoms with E-state index in [0.29, 0.717) is 0 Å². The summed E-state index contributed by atoms with van der Waals surface area (Å²) in [5, 5.41) is 0. The third-order valence-corrected chi connectivity index (χ3v) is 3.48. The molecule has 2 amide bonds. The molecule has 1 rings (SSSR count). The average molecular weight is 254 g/mol. The van der Waals surface area contributed by atoms with E-state index in [1.807, 2.05) is 20.8 Å². The highest BCUT2D eigenvalue weighted by Crippen LogP contribution is 2.36. The first kappa shape index (κ1) is 14.8. The minimum Gasteiger partial charge on any atom is -0.328 e. The van der Waals surface area contributed by atoms with E-state index in [4.69, 9.17) is 5.73 Å². The van der Waals surface area contributed by atoms with Crippen molar-refractivity contribution in [3.8, 4) is 0 Å². The molecule has 1 fully saturated rings. The molecule has 2 unspecified atom stereocenters. The van der Waals surface area contributed by atoms with Gasteiger partial charge < -0.3 is 5.73 Å². The van der Waals surface area contributed by atoms with Crippen molar-refractivity contribution in [2.24, 2.45) is 17.1 Å². The first-order valence-electron chi connectivity index (χ1n) is 6.32. The molecule has 1 aliphatic heterocycles. The monoisotopic (exact) mass is 254 g/mol. The average Bonchev–Trinajstić information content (AvgIpc) is 2.57. The topological polar surface area (TPSA) is 80.5 Å². The molecule has 0 spiro atoms. The summed E-state index contributed by atoms with van der Waals surface area (Å²) >= 11 is 0. The summed E-state index contributed by atoms with van der Waals surface area (Å²) in [5.74, 6) is -1.06. The van der Waals surface area contributed by atoms with E-state index in [2.05, 4.69) is 0 Å². The van der Waals surface area contributed by atoms with Crippen molar-refractivity contribution < 1.29 is 14.4 Å². The fourth-order valence-corrected chi connectivity index (χ4v) is 2.27. The Kier molecular flexibility index (Phi) is 4.27. The highest BCUT2D eigenvalue weighted by Gasteiger charge is 2.47. The van der Waals surface area contributed by atoms with Crippen molar-refractivity contribution in [2.75, 3.05) is 6.54 Å². The van der Waals surface area contributed by atoms with E-state index >= 15 is 0 Å². The van der Waals surface area contributed by atoms with Crippen LogP contribution in [-0.2, 0) is 14.4 Å². The predicted molar refractivity (Wildman–Crippen MR) is 67.6 cm³/mol. The van der Waals surface area contributed by atoms with Gasteiger partial charge in [0.05, 0.1) is 5.92 Å². The Hall–Kier alpha value is -1.23. The quantitative estimate of drug-likeness (QED) is 0.749. The number of imide groups is 1. The standard InChI is InChI=1S/C13H22N2O3/c1-5-10(16)9(7-14)15-11(17)6-8(12(15)18)13(2,3)4/h8-9H,5-7,14H2,1-4H3. The molecule has 1 saturated heterocycles. The number of ketones is 1. The second-order valence-corrected chi connectivity index (χ2v) is 5.80. The van der Waals surface area contributed by atoms with Gasteiger partial charge in [-0.05, 0) is 5.41 Å². The minimum absolute atomic E-state index is 0.00101. The van der Waals surface area contributed by atoms with Gasteiger partial charge in [0.1, 0.15) is 6.04 Å². The van der Waals surface area contributed by atoms with Crippen LogP contribution in [-0.4, -0.2) is 35.1 Å². The third-order valence-electron chi connectivity index (χ3n) is 3.48. The molecule has 102 valence electrons. The lowest BCUT2D eigenvalue weighted by atomic mass is 9.80. The summed E-state index contributed by atoms with van der Waals surface area (Å²) in [7, 11) is 0. The Morgan fingerprint density at radius 2 is 2.00 bits per heavy atom. The number of rotatable bonds is 4. The van der Waals surface area contributed by atoms with Gasteiger partial charge in [-0.25, -0.2) is 0 Å². The molecular formula is C13H22N2O3. The van der Waals surface area contributed by atoms with E-state index < -0.39 is 6.04 Å². The molecule has 2 N–H and O–H groups in total. The predicted octanol–water partition coefficient (Wildman–Crippen LogP) is 0.714. The molecule has 0 aromatic rings. The van der Waals surface area contributed by atoms with Crippen LogP contribution in [0.25, 0.3) is 0 Å². The second kappa shape index (κ2) is 5.18. The number of amides is 2. The summed E-state index contributed by atoms with van der Waals surface area (Å²) in [5.41, 5.74) is 5.26. The Labute approximate surface area is 108 Å². The SMILES string of the molecule is CCC(=O)C(CN)N1C(=O)CC(C(C)(C)C)C1=O. The fraction of sp³-hybridized carbons (Fsp3) is 0.769. The lowest BCUT2D eigenvalue weighted by Crippen LogP contribution is -2.49. The van der Waals surface area contributed by atoms with Crippen LogP contribution >= 0.6 is 0 Å². The van der Waals surface area contributed by atoms with Crippen LogP contribution in [0.5, 0.6) is 0 Å². The van der Waals surface area contributed by atoms with E-state index in [-0.39, 0.29) is 48.3 Å². The number of nitrogens with zero attached hydrogens (tertiary/aromatic N) is 1. The molecule has 0 saturated carbocycles. The largest absolute Gasteiger partial charge is 0.328 e. The van der Waals surface area contributed by atoms with E-state index in [9.17, 15) is 14.4 Å². The fourth-order valence-electron chi connectivity index (χ4n) is 2.27. The number of hydrogen-bond acceptors (Lipinski definition) is 4. The lowest BCUT2D eigenvalue weighted by Gasteiger charge is -2.27. The molecule has 0 aromatic carbocycles. The van der Waals surface area contributed by atoms with Crippen LogP contribution in [0.4, 0.5) is 0 Å². The Morgan fingerprint density at radius 3 is 2.33 bits per heavy atom. The van der Waals surface area contributed by atoms with Crippen LogP contribution in [0, 0.1) is 11.3 Å². The zero-order chi connectivity index (χ0) is 14.1.